The Bertz CT molecular complexity index is 605. The van der Waals surface area contributed by atoms with Crippen molar-refractivity contribution in [1.29, 1.82) is 0 Å². The van der Waals surface area contributed by atoms with Crippen molar-refractivity contribution in [3.63, 3.8) is 0 Å². The summed E-state index contributed by atoms with van der Waals surface area (Å²) in [4.78, 5) is 2.71. The number of nitrogens with one attached hydrogen (secondary N) is 1. The zero-order valence-corrected chi connectivity index (χ0v) is 14.3. The van der Waals surface area contributed by atoms with Gasteiger partial charge in [-0.15, -0.1) is 0 Å². The number of hydrogen-bond donors (Lipinski definition) is 1. The van der Waals surface area contributed by atoms with Gasteiger partial charge in [-0.1, -0.05) is 54.1 Å². The van der Waals surface area contributed by atoms with Gasteiger partial charge in [0.15, 0.2) is 0 Å². The predicted molar refractivity (Wildman–Crippen MR) is 93.2 cm³/mol. The summed E-state index contributed by atoms with van der Waals surface area (Å²) in [5.41, 5.74) is 5.40. The molecule has 1 nitrogen and oxygen atoms in total. The second-order valence-corrected chi connectivity index (χ2v) is 6.74. The van der Waals surface area contributed by atoms with Crippen molar-refractivity contribution in [2.24, 2.45) is 0 Å². The van der Waals surface area contributed by atoms with Crippen LogP contribution in [0.1, 0.15) is 35.6 Å². The van der Waals surface area contributed by atoms with Crippen LogP contribution in [0.2, 0.25) is 0 Å². The van der Waals surface area contributed by atoms with Crippen molar-refractivity contribution in [3.05, 3.63) is 58.7 Å². The molecule has 0 aromatic heterocycles. The van der Waals surface area contributed by atoms with Crippen LogP contribution in [0.4, 0.5) is 0 Å². The van der Waals surface area contributed by atoms with Crippen molar-refractivity contribution in [3.8, 4) is 0 Å². The van der Waals surface area contributed by atoms with Crippen molar-refractivity contribution in [1.82, 2.24) is 5.32 Å². The number of rotatable bonds is 6. The number of aryl methyl sites for hydroxylation is 3. The summed E-state index contributed by atoms with van der Waals surface area (Å²) >= 11 is 1.88. The molecule has 2 heteroatoms. The summed E-state index contributed by atoms with van der Waals surface area (Å²) in [5.74, 6) is 0. The summed E-state index contributed by atoms with van der Waals surface area (Å²) in [6.07, 6.45) is 1.17. The highest BCUT2D eigenvalue weighted by atomic mass is 32.2. The fraction of sp³-hybridized carbons (Fsp3) is 0.368. The SMILES string of the molecule is CCCNCc1cc(C)ccc1Sc1ccc(C)cc1C. The highest BCUT2D eigenvalue weighted by molar-refractivity contribution is 7.99. The zero-order chi connectivity index (χ0) is 15.2. The average molecular weight is 299 g/mol. The van der Waals surface area contributed by atoms with E-state index in [1.54, 1.807) is 0 Å². The second kappa shape index (κ2) is 7.67. The fourth-order valence-corrected chi connectivity index (χ4v) is 3.37. The van der Waals surface area contributed by atoms with E-state index in [1.165, 1.54) is 38.5 Å². The van der Waals surface area contributed by atoms with Gasteiger partial charge in [-0.3, -0.25) is 0 Å². The lowest BCUT2D eigenvalue weighted by atomic mass is 10.1. The second-order valence-electron chi connectivity index (χ2n) is 5.66. The van der Waals surface area contributed by atoms with Crippen molar-refractivity contribution in [2.45, 2.75) is 50.5 Å². The normalized spacial score (nSPS) is 10.9. The summed E-state index contributed by atoms with van der Waals surface area (Å²) in [7, 11) is 0. The minimum absolute atomic E-state index is 0.947. The van der Waals surface area contributed by atoms with Crippen LogP contribution < -0.4 is 5.32 Å². The van der Waals surface area contributed by atoms with Crippen LogP contribution in [0.25, 0.3) is 0 Å². The third-order valence-corrected chi connectivity index (χ3v) is 4.80. The van der Waals surface area contributed by atoms with Crippen LogP contribution in [-0.4, -0.2) is 6.54 Å². The van der Waals surface area contributed by atoms with Crippen LogP contribution in [0, 0.1) is 20.8 Å². The van der Waals surface area contributed by atoms with E-state index in [4.69, 9.17) is 0 Å². The van der Waals surface area contributed by atoms with Crippen LogP contribution in [-0.2, 0) is 6.54 Å². The predicted octanol–water partition coefficient (Wildman–Crippen LogP) is 5.26. The molecular weight excluding hydrogens is 274 g/mol. The molecule has 0 atom stereocenters. The standard InChI is InChI=1S/C19H25NS/c1-5-10-20-13-17-12-15(3)7-9-19(17)21-18-8-6-14(2)11-16(18)4/h6-9,11-12,20H,5,10,13H2,1-4H3. The first-order valence-corrected chi connectivity index (χ1v) is 8.47. The van der Waals surface area contributed by atoms with Crippen LogP contribution in [0.15, 0.2) is 46.2 Å². The van der Waals surface area contributed by atoms with E-state index in [0.717, 1.165) is 13.1 Å². The molecule has 0 unspecified atom stereocenters. The van der Waals surface area contributed by atoms with Crippen LogP contribution in [0.3, 0.4) is 0 Å². The van der Waals surface area contributed by atoms with Gasteiger partial charge in [0.1, 0.15) is 0 Å². The first kappa shape index (κ1) is 16.1. The van der Waals surface area contributed by atoms with Crippen molar-refractivity contribution < 1.29 is 0 Å². The molecule has 0 radical (unpaired) electrons. The first-order chi connectivity index (χ1) is 10.1. The lowest BCUT2D eigenvalue weighted by molar-refractivity contribution is 0.669. The Hall–Kier alpha value is -1.25. The maximum Gasteiger partial charge on any atom is 0.0216 e. The molecule has 0 saturated carbocycles. The molecule has 0 bridgehead atoms. The van der Waals surface area contributed by atoms with Gasteiger partial charge in [-0.2, -0.15) is 0 Å². The minimum atomic E-state index is 0.947. The van der Waals surface area contributed by atoms with E-state index in [2.05, 4.69) is 69.4 Å². The Kier molecular flexibility index (Phi) is 5.89. The molecule has 0 amide bonds. The monoisotopic (exact) mass is 299 g/mol. The van der Waals surface area contributed by atoms with Crippen LogP contribution in [0.5, 0.6) is 0 Å². The zero-order valence-electron chi connectivity index (χ0n) is 13.5. The Morgan fingerprint density at radius 3 is 2.24 bits per heavy atom. The largest absolute Gasteiger partial charge is 0.313 e. The molecule has 1 N–H and O–H groups in total. The Balaban J connectivity index is 2.22. The van der Waals surface area contributed by atoms with E-state index in [9.17, 15) is 0 Å². The molecule has 0 saturated heterocycles. The van der Waals surface area contributed by atoms with Gasteiger partial charge in [0.2, 0.25) is 0 Å². The molecule has 2 aromatic rings. The highest BCUT2D eigenvalue weighted by Gasteiger charge is 2.07. The topological polar surface area (TPSA) is 12.0 Å². The summed E-state index contributed by atoms with van der Waals surface area (Å²) in [6.45, 7) is 10.7. The third kappa shape index (κ3) is 4.62. The molecule has 0 aliphatic rings. The van der Waals surface area contributed by atoms with Gasteiger partial charge in [0.05, 0.1) is 0 Å². The van der Waals surface area contributed by atoms with Crippen LogP contribution >= 0.6 is 11.8 Å². The molecule has 2 aromatic carbocycles. The molecule has 0 fully saturated rings. The lowest BCUT2D eigenvalue weighted by Gasteiger charge is -2.13. The van der Waals surface area contributed by atoms with Gasteiger partial charge in [-0.05, 0) is 57.0 Å². The van der Waals surface area contributed by atoms with E-state index in [0.29, 0.717) is 0 Å². The average Bonchev–Trinajstić information content (AvgIpc) is 2.44. The number of benzene rings is 2. The van der Waals surface area contributed by atoms with Gasteiger partial charge in [-0.25, -0.2) is 0 Å². The molecular formula is C19H25NS. The Morgan fingerprint density at radius 1 is 0.905 bits per heavy atom. The first-order valence-electron chi connectivity index (χ1n) is 7.65. The molecule has 0 aliphatic heterocycles. The smallest absolute Gasteiger partial charge is 0.0216 e. The summed E-state index contributed by atoms with van der Waals surface area (Å²) in [6, 6.07) is 13.4. The molecule has 0 spiro atoms. The third-order valence-electron chi connectivity index (χ3n) is 3.51. The van der Waals surface area contributed by atoms with Gasteiger partial charge >= 0.3 is 0 Å². The molecule has 2 rings (SSSR count). The van der Waals surface area contributed by atoms with E-state index in [1.807, 2.05) is 11.8 Å². The molecule has 21 heavy (non-hydrogen) atoms. The minimum Gasteiger partial charge on any atom is -0.313 e. The molecule has 0 heterocycles. The quantitative estimate of drug-likeness (QED) is 0.730. The summed E-state index contributed by atoms with van der Waals surface area (Å²) in [5, 5.41) is 3.52. The highest BCUT2D eigenvalue weighted by Crippen LogP contribution is 2.33. The fourth-order valence-electron chi connectivity index (χ4n) is 2.38. The Morgan fingerprint density at radius 2 is 1.57 bits per heavy atom. The van der Waals surface area contributed by atoms with Gasteiger partial charge in [0.25, 0.3) is 0 Å². The van der Waals surface area contributed by atoms with Gasteiger partial charge < -0.3 is 5.32 Å². The maximum atomic E-state index is 3.52. The molecule has 0 aliphatic carbocycles. The van der Waals surface area contributed by atoms with E-state index < -0.39 is 0 Å². The van der Waals surface area contributed by atoms with Crippen molar-refractivity contribution in [2.75, 3.05) is 6.54 Å². The van der Waals surface area contributed by atoms with Gasteiger partial charge in [0, 0.05) is 16.3 Å². The van der Waals surface area contributed by atoms with E-state index in [-0.39, 0.29) is 0 Å². The lowest BCUT2D eigenvalue weighted by Crippen LogP contribution is -2.14. The molecule has 112 valence electrons. The maximum absolute atomic E-state index is 3.52. The number of hydrogen-bond acceptors (Lipinski definition) is 2. The van der Waals surface area contributed by atoms with E-state index >= 15 is 0 Å². The van der Waals surface area contributed by atoms with Crippen molar-refractivity contribution >= 4 is 11.8 Å². The summed E-state index contributed by atoms with van der Waals surface area (Å²) < 4.78 is 0. The Labute approximate surface area is 133 Å².